The van der Waals surface area contributed by atoms with Gasteiger partial charge in [0.25, 0.3) is 0 Å². The first-order valence-electron chi connectivity index (χ1n) is 11.2. The number of ketones is 1. The molecule has 2 N–H and O–H groups in total. The van der Waals surface area contributed by atoms with Crippen molar-refractivity contribution >= 4 is 17.2 Å². The first-order valence-corrected chi connectivity index (χ1v) is 11.2. The summed E-state index contributed by atoms with van der Waals surface area (Å²) >= 11 is 0. The molecule has 1 aliphatic carbocycles. The maximum Gasteiger partial charge on any atom is 0.163 e. The zero-order valence-corrected chi connectivity index (χ0v) is 18.8. The summed E-state index contributed by atoms with van der Waals surface area (Å²) < 4.78 is 19.5. The molecule has 0 radical (unpaired) electrons. The van der Waals surface area contributed by atoms with Crippen LogP contribution in [0.1, 0.15) is 43.9 Å². The van der Waals surface area contributed by atoms with E-state index < -0.39 is 0 Å². The van der Waals surface area contributed by atoms with Gasteiger partial charge < -0.3 is 15.4 Å². The van der Waals surface area contributed by atoms with Gasteiger partial charge in [-0.3, -0.25) is 4.79 Å². The van der Waals surface area contributed by atoms with Gasteiger partial charge in [-0.2, -0.15) is 0 Å². The first-order chi connectivity index (χ1) is 15.9. The number of allylic oxidation sites excluding steroid dienone is 1. The number of anilines is 2. The van der Waals surface area contributed by atoms with Gasteiger partial charge in [0.1, 0.15) is 18.2 Å². The van der Waals surface area contributed by atoms with Crippen LogP contribution >= 0.6 is 0 Å². The lowest BCUT2D eigenvalue weighted by Crippen LogP contribution is -2.31. The molecule has 0 spiro atoms. The highest BCUT2D eigenvalue weighted by Gasteiger charge is 2.38. The Morgan fingerprint density at radius 2 is 1.76 bits per heavy atom. The first kappa shape index (κ1) is 21.3. The van der Waals surface area contributed by atoms with E-state index in [0.717, 1.165) is 40.2 Å². The lowest BCUT2D eigenvalue weighted by molar-refractivity contribution is -0.118. The van der Waals surface area contributed by atoms with Crippen LogP contribution in [0.4, 0.5) is 15.8 Å². The Kier molecular flexibility index (Phi) is 5.41. The SMILES string of the molecule is CC1(C)CC(=O)C2=C(C1)Nc1ccccc1NC2c1cccc(OCc2cccc(F)c2)c1. The smallest absolute Gasteiger partial charge is 0.163 e. The fourth-order valence-corrected chi connectivity index (χ4v) is 4.72. The molecule has 0 fully saturated rings. The van der Waals surface area contributed by atoms with E-state index in [1.807, 2.05) is 54.6 Å². The Morgan fingerprint density at radius 3 is 2.58 bits per heavy atom. The molecule has 1 unspecified atom stereocenters. The Balaban J connectivity index is 1.50. The van der Waals surface area contributed by atoms with E-state index in [9.17, 15) is 9.18 Å². The number of para-hydroxylation sites is 2. The highest BCUT2D eigenvalue weighted by Crippen LogP contribution is 2.45. The van der Waals surface area contributed by atoms with Crippen LogP contribution in [0.2, 0.25) is 0 Å². The predicted molar refractivity (Wildman–Crippen MR) is 129 cm³/mol. The van der Waals surface area contributed by atoms with Crippen molar-refractivity contribution in [2.45, 2.75) is 39.3 Å². The summed E-state index contributed by atoms with van der Waals surface area (Å²) in [5, 5.41) is 7.14. The molecule has 3 aromatic rings. The Bertz CT molecular complexity index is 1250. The van der Waals surface area contributed by atoms with E-state index in [0.29, 0.717) is 12.2 Å². The van der Waals surface area contributed by atoms with Crippen LogP contribution in [0.15, 0.2) is 84.1 Å². The number of carbonyl (C=O) groups excluding carboxylic acids is 1. The maximum absolute atomic E-state index is 13.5. The summed E-state index contributed by atoms with van der Waals surface area (Å²) in [4.78, 5) is 13.4. The zero-order chi connectivity index (χ0) is 23.0. The predicted octanol–water partition coefficient (Wildman–Crippen LogP) is 6.63. The minimum absolute atomic E-state index is 0.0946. The number of hydrogen-bond donors (Lipinski definition) is 2. The molecule has 0 saturated carbocycles. The molecule has 5 heteroatoms. The molecule has 1 heterocycles. The Hall–Kier alpha value is -3.60. The van der Waals surface area contributed by atoms with E-state index >= 15 is 0 Å². The maximum atomic E-state index is 13.5. The van der Waals surface area contributed by atoms with Gasteiger partial charge in [-0.25, -0.2) is 4.39 Å². The van der Waals surface area contributed by atoms with Crippen molar-refractivity contribution in [1.29, 1.82) is 0 Å². The van der Waals surface area contributed by atoms with Gasteiger partial charge in [-0.15, -0.1) is 0 Å². The Morgan fingerprint density at radius 1 is 0.970 bits per heavy atom. The number of benzene rings is 3. The van der Waals surface area contributed by atoms with Gasteiger partial charge in [0, 0.05) is 17.7 Å². The Labute approximate surface area is 193 Å². The average molecular weight is 443 g/mol. The summed E-state index contributed by atoms with van der Waals surface area (Å²) in [6, 6.07) is 21.9. The van der Waals surface area contributed by atoms with Crippen LogP contribution in [-0.4, -0.2) is 5.78 Å². The van der Waals surface area contributed by atoms with Gasteiger partial charge in [0.05, 0.1) is 17.4 Å². The lowest BCUT2D eigenvalue weighted by Gasteiger charge is -2.34. The van der Waals surface area contributed by atoms with Gasteiger partial charge >= 0.3 is 0 Å². The number of rotatable bonds is 4. The minimum Gasteiger partial charge on any atom is -0.489 e. The quantitative estimate of drug-likeness (QED) is 0.476. The number of fused-ring (bicyclic) bond motifs is 1. The average Bonchev–Trinajstić information content (AvgIpc) is 2.94. The fourth-order valence-electron chi connectivity index (χ4n) is 4.72. The molecule has 4 nitrogen and oxygen atoms in total. The van der Waals surface area contributed by atoms with E-state index in [1.54, 1.807) is 6.07 Å². The number of nitrogens with one attached hydrogen (secondary N) is 2. The van der Waals surface area contributed by atoms with Crippen molar-refractivity contribution in [2.24, 2.45) is 5.41 Å². The summed E-state index contributed by atoms with van der Waals surface area (Å²) in [7, 11) is 0. The van der Waals surface area contributed by atoms with Gasteiger partial charge in [-0.05, 0) is 59.4 Å². The molecule has 1 aliphatic heterocycles. The summed E-state index contributed by atoms with van der Waals surface area (Å²) in [6.07, 6.45) is 1.31. The standard InChI is InChI=1S/C28H27FN2O2/c1-28(2)15-24-26(25(32)16-28)27(31-23-12-4-3-11-22(23)30-24)19-8-6-10-21(14-19)33-17-18-7-5-9-20(29)13-18/h3-14,27,30-31H,15-17H2,1-2H3. The van der Waals surface area contributed by atoms with Crippen LogP contribution in [0.25, 0.3) is 0 Å². The van der Waals surface area contributed by atoms with E-state index in [1.165, 1.54) is 12.1 Å². The third-order valence-electron chi connectivity index (χ3n) is 6.21. The second-order valence-corrected chi connectivity index (χ2v) is 9.57. The number of ether oxygens (including phenoxy) is 1. The summed E-state index contributed by atoms with van der Waals surface area (Å²) in [5.41, 5.74) is 5.30. The second kappa shape index (κ2) is 8.39. The molecule has 168 valence electrons. The topological polar surface area (TPSA) is 50.4 Å². The zero-order valence-electron chi connectivity index (χ0n) is 18.8. The van der Waals surface area contributed by atoms with Crippen molar-refractivity contribution in [3.05, 3.63) is 101 Å². The molecule has 0 aromatic heterocycles. The van der Waals surface area contributed by atoms with Crippen molar-refractivity contribution < 1.29 is 13.9 Å². The van der Waals surface area contributed by atoms with Gasteiger partial charge in [0.15, 0.2) is 5.78 Å². The third kappa shape index (κ3) is 4.49. The number of carbonyl (C=O) groups is 1. The monoisotopic (exact) mass is 442 g/mol. The van der Waals surface area contributed by atoms with Crippen molar-refractivity contribution in [2.75, 3.05) is 10.6 Å². The van der Waals surface area contributed by atoms with E-state index in [-0.39, 0.29) is 29.7 Å². The van der Waals surface area contributed by atoms with Crippen LogP contribution in [0.3, 0.4) is 0 Å². The van der Waals surface area contributed by atoms with Crippen molar-refractivity contribution in [3.8, 4) is 5.75 Å². The van der Waals surface area contributed by atoms with Crippen LogP contribution in [-0.2, 0) is 11.4 Å². The molecule has 5 rings (SSSR count). The van der Waals surface area contributed by atoms with Crippen molar-refractivity contribution in [3.63, 3.8) is 0 Å². The minimum atomic E-state index is -0.294. The van der Waals surface area contributed by atoms with E-state index in [4.69, 9.17) is 4.74 Å². The molecule has 33 heavy (non-hydrogen) atoms. The number of halogens is 1. The fraction of sp³-hybridized carbons (Fsp3) is 0.250. The van der Waals surface area contributed by atoms with Crippen LogP contribution in [0, 0.1) is 11.2 Å². The largest absolute Gasteiger partial charge is 0.489 e. The summed E-state index contributed by atoms with van der Waals surface area (Å²) in [6.45, 7) is 4.54. The number of Topliss-reactive ketones (excluding diaryl/α,β-unsaturated/α-hetero) is 1. The normalized spacial score (nSPS) is 19.0. The molecular weight excluding hydrogens is 415 g/mol. The lowest BCUT2D eigenvalue weighted by atomic mass is 9.73. The molecule has 0 amide bonds. The van der Waals surface area contributed by atoms with Crippen LogP contribution in [0.5, 0.6) is 5.75 Å². The third-order valence-corrected chi connectivity index (χ3v) is 6.21. The molecule has 3 aromatic carbocycles. The molecule has 0 bridgehead atoms. The molecule has 1 atom stereocenters. The summed E-state index contributed by atoms with van der Waals surface area (Å²) in [5.74, 6) is 0.553. The van der Waals surface area contributed by atoms with Crippen molar-refractivity contribution in [1.82, 2.24) is 0 Å². The highest BCUT2D eigenvalue weighted by molar-refractivity contribution is 6.01. The molecular formula is C28H27FN2O2. The highest BCUT2D eigenvalue weighted by atomic mass is 19.1. The van der Waals surface area contributed by atoms with Crippen LogP contribution < -0.4 is 15.4 Å². The van der Waals surface area contributed by atoms with Gasteiger partial charge in [0.2, 0.25) is 0 Å². The van der Waals surface area contributed by atoms with Gasteiger partial charge in [-0.1, -0.05) is 50.2 Å². The molecule has 2 aliphatic rings. The number of hydrogen-bond acceptors (Lipinski definition) is 4. The molecule has 0 saturated heterocycles. The van der Waals surface area contributed by atoms with E-state index in [2.05, 4.69) is 24.5 Å². The second-order valence-electron chi connectivity index (χ2n) is 9.57.